The fraction of sp³-hybridized carbons (Fsp3) is 0.318. The zero-order valence-electron chi connectivity index (χ0n) is 17.8. The van der Waals surface area contributed by atoms with Gasteiger partial charge in [0.1, 0.15) is 11.6 Å². The number of aromatic nitrogens is 3. The van der Waals surface area contributed by atoms with Gasteiger partial charge >= 0.3 is 0 Å². The average Bonchev–Trinajstić information content (AvgIpc) is 3.46. The molecule has 4 rings (SSSR count). The number of amides is 1. The van der Waals surface area contributed by atoms with E-state index in [1.807, 2.05) is 12.1 Å². The number of nitrogens with one attached hydrogen (secondary N) is 2. The maximum absolute atomic E-state index is 12.9. The molecule has 168 valence electrons. The lowest BCUT2D eigenvalue weighted by Crippen LogP contribution is -2.24. The number of H-pyrrole nitrogens is 1. The molecule has 3 heterocycles. The minimum atomic E-state index is -0.889. The number of alkyl halides is 1. The van der Waals surface area contributed by atoms with Gasteiger partial charge in [-0.25, -0.2) is 4.98 Å². The number of anilines is 2. The summed E-state index contributed by atoms with van der Waals surface area (Å²) in [5.74, 6) is 1.12. The molecule has 10 heteroatoms. The normalized spacial score (nSPS) is 17.8. The Hall–Kier alpha value is -2.67. The number of nitrogens with zero attached hydrogens (tertiary/aromatic N) is 3. The monoisotopic (exact) mass is 473 g/mol. The third kappa shape index (κ3) is 5.38. The van der Waals surface area contributed by atoms with E-state index in [1.54, 1.807) is 50.7 Å². The number of halogens is 1. The molecule has 1 aliphatic heterocycles. The second-order valence-electron chi connectivity index (χ2n) is 7.71. The van der Waals surface area contributed by atoms with Crippen LogP contribution in [0.25, 0.3) is 11.3 Å². The van der Waals surface area contributed by atoms with Crippen LogP contribution >= 0.6 is 20.8 Å². The molecule has 0 saturated carbocycles. The van der Waals surface area contributed by atoms with Gasteiger partial charge in [-0.05, 0) is 49.7 Å². The number of rotatable bonds is 7. The number of ether oxygens (including phenoxy) is 2. The standard InChI is InChI=1S/C22H25ClN5O3P/c1-22(23,32)31-16-5-3-15(4-6-16)26-21(29)14-11-18(19-7-9-25-27-19)20(24-12-14)28-10-8-17(13-28)30-2/h3-7,9,11-12,17H,8,10,13,32H2,1-2H3,(H,25,27)(H,26,29)/t17-,22?/m1/s1. The summed E-state index contributed by atoms with van der Waals surface area (Å²) < 4.78 is 11.0. The number of aromatic amines is 1. The number of pyridine rings is 1. The summed E-state index contributed by atoms with van der Waals surface area (Å²) in [4.78, 5) is 18.8. The molecule has 32 heavy (non-hydrogen) atoms. The van der Waals surface area contributed by atoms with Crippen molar-refractivity contribution in [3.8, 4) is 17.0 Å². The quantitative estimate of drug-likeness (QED) is 0.396. The van der Waals surface area contributed by atoms with Crippen molar-refractivity contribution < 1.29 is 14.3 Å². The third-order valence-corrected chi connectivity index (χ3v) is 5.31. The first-order valence-electron chi connectivity index (χ1n) is 10.2. The van der Waals surface area contributed by atoms with E-state index in [0.717, 1.165) is 36.6 Å². The van der Waals surface area contributed by atoms with Gasteiger partial charge in [0.2, 0.25) is 0 Å². The summed E-state index contributed by atoms with van der Waals surface area (Å²) >= 11 is 6.05. The molecule has 1 amide bonds. The van der Waals surface area contributed by atoms with Crippen LogP contribution < -0.4 is 15.0 Å². The predicted molar refractivity (Wildman–Crippen MR) is 128 cm³/mol. The van der Waals surface area contributed by atoms with E-state index in [2.05, 4.69) is 34.6 Å². The summed E-state index contributed by atoms with van der Waals surface area (Å²) in [5, 5.41) is 10.0. The van der Waals surface area contributed by atoms with Crippen LogP contribution in [0.2, 0.25) is 0 Å². The summed E-state index contributed by atoms with van der Waals surface area (Å²) in [6.07, 6.45) is 4.44. The van der Waals surface area contributed by atoms with Crippen molar-refractivity contribution in [3.05, 3.63) is 54.4 Å². The van der Waals surface area contributed by atoms with Gasteiger partial charge < -0.3 is 19.7 Å². The number of methoxy groups -OCH3 is 1. The molecule has 0 aliphatic carbocycles. The van der Waals surface area contributed by atoms with Crippen molar-refractivity contribution in [2.75, 3.05) is 30.4 Å². The summed E-state index contributed by atoms with van der Waals surface area (Å²) in [6, 6.07) is 10.7. The lowest BCUT2D eigenvalue weighted by molar-refractivity contribution is 0.102. The molecule has 1 aromatic carbocycles. The molecule has 0 spiro atoms. The highest BCUT2D eigenvalue weighted by Gasteiger charge is 2.26. The van der Waals surface area contributed by atoms with E-state index in [0.29, 0.717) is 17.0 Å². The second-order valence-corrected chi connectivity index (χ2v) is 9.93. The van der Waals surface area contributed by atoms with Crippen molar-refractivity contribution in [1.82, 2.24) is 15.2 Å². The second kappa shape index (κ2) is 9.45. The predicted octanol–water partition coefficient (Wildman–Crippen LogP) is 4.12. The first kappa shape index (κ1) is 22.5. The molecule has 3 aromatic rings. The highest BCUT2D eigenvalue weighted by molar-refractivity contribution is 7.22. The van der Waals surface area contributed by atoms with Crippen molar-refractivity contribution in [2.45, 2.75) is 24.2 Å². The van der Waals surface area contributed by atoms with E-state index in [1.165, 1.54) is 0 Å². The Labute approximate surface area is 193 Å². The molecule has 3 atom stereocenters. The van der Waals surface area contributed by atoms with Crippen LogP contribution in [-0.2, 0) is 4.74 Å². The van der Waals surface area contributed by atoms with Gasteiger partial charge in [0.15, 0.2) is 4.80 Å². The van der Waals surface area contributed by atoms with Crippen LogP contribution in [0.4, 0.5) is 11.5 Å². The van der Waals surface area contributed by atoms with Gasteiger partial charge in [0, 0.05) is 43.8 Å². The van der Waals surface area contributed by atoms with E-state index >= 15 is 0 Å². The van der Waals surface area contributed by atoms with E-state index < -0.39 is 4.80 Å². The largest absolute Gasteiger partial charge is 0.469 e. The fourth-order valence-corrected chi connectivity index (χ4v) is 3.81. The molecule has 1 fully saturated rings. The molecule has 2 unspecified atom stereocenters. The Bertz CT molecular complexity index is 1070. The van der Waals surface area contributed by atoms with Crippen LogP contribution in [-0.4, -0.2) is 52.2 Å². The molecule has 1 saturated heterocycles. The van der Waals surface area contributed by atoms with Gasteiger partial charge in [0.25, 0.3) is 5.91 Å². The van der Waals surface area contributed by atoms with Crippen LogP contribution in [0, 0.1) is 0 Å². The highest BCUT2D eigenvalue weighted by Crippen LogP contribution is 2.32. The third-order valence-electron chi connectivity index (χ3n) is 5.11. The van der Waals surface area contributed by atoms with Crippen molar-refractivity contribution in [3.63, 3.8) is 0 Å². The summed E-state index contributed by atoms with van der Waals surface area (Å²) in [6.45, 7) is 3.30. The minimum absolute atomic E-state index is 0.168. The lowest BCUT2D eigenvalue weighted by Gasteiger charge is -2.20. The molecule has 2 aromatic heterocycles. The van der Waals surface area contributed by atoms with E-state index in [4.69, 9.17) is 21.1 Å². The number of carbonyl (C=O) groups excluding carboxylic acids is 1. The topological polar surface area (TPSA) is 92.4 Å². The molecule has 1 aliphatic rings. The Morgan fingerprint density at radius 1 is 1.34 bits per heavy atom. The summed E-state index contributed by atoms with van der Waals surface area (Å²) in [7, 11) is 4.13. The van der Waals surface area contributed by atoms with Crippen molar-refractivity contribution >= 4 is 38.3 Å². The van der Waals surface area contributed by atoms with Crippen molar-refractivity contribution in [1.29, 1.82) is 0 Å². The number of hydrogen-bond acceptors (Lipinski definition) is 6. The van der Waals surface area contributed by atoms with Crippen LogP contribution in [0.1, 0.15) is 23.7 Å². The molecule has 2 N–H and O–H groups in total. The molecule has 0 bridgehead atoms. The van der Waals surface area contributed by atoms with Gasteiger partial charge in [0.05, 0.1) is 17.4 Å². The van der Waals surface area contributed by atoms with Crippen LogP contribution in [0.5, 0.6) is 5.75 Å². The number of hydrogen-bond donors (Lipinski definition) is 2. The smallest absolute Gasteiger partial charge is 0.257 e. The van der Waals surface area contributed by atoms with Crippen LogP contribution in [0.3, 0.4) is 0 Å². The van der Waals surface area contributed by atoms with Gasteiger partial charge in [-0.2, -0.15) is 5.10 Å². The zero-order valence-corrected chi connectivity index (χ0v) is 19.7. The Morgan fingerprint density at radius 2 is 2.12 bits per heavy atom. The van der Waals surface area contributed by atoms with Crippen molar-refractivity contribution in [2.24, 2.45) is 0 Å². The maximum atomic E-state index is 12.9. The minimum Gasteiger partial charge on any atom is -0.469 e. The van der Waals surface area contributed by atoms with Gasteiger partial charge in [-0.15, -0.1) is 0 Å². The van der Waals surface area contributed by atoms with Gasteiger partial charge in [-0.3, -0.25) is 9.89 Å². The SMILES string of the molecule is CO[C@@H]1CCN(c2ncc(C(=O)Nc3ccc(OC(C)(P)Cl)cc3)cc2-c2cc[nH]n2)C1. The van der Waals surface area contributed by atoms with Gasteiger partial charge in [-0.1, -0.05) is 20.8 Å². The van der Waals surface area contributed by atoms with E-state index in [-0.39, 0.29) is 12.0 Å². The molecule has 8 nitrogen and oxygen atoms in total. The Balaban J connectivity index is 1.54. The highest BCUT2D eigenvalue weighted by atomic mass is 35.5. The number of carbonyl (C=O) groups is 1. The van der Waals surface area contributed by atoms with E-state index in [9.17, 15) is 4.79 Å². The van der Waals surface area contributed by atoms with Crippen LogP contribution in [0.15, 0.2) is 48.8 Å². The Morgan fingerprint density at radius 3 is 2.75 bits per heavy atom. The Kier molecular flexibility index (Phi) is 6.65. The lowest BCUT2D eigenvalue weighted by atomic mass is 10.1. The molecular weight excluding hydrogens is 449 g/mol. The first-order valence-corrected chi connectivity index (χ1v) is 11.1. The first-order chi connectivity index (χ1) is 15.3. The average molecular weight is 474 g/mol. The fourth-order valence-electron chi connectivity index (χ4n) is 3.59. The number of benzene rings is 1. The zero-order chi connectivity index (χ0) is 22.7. The molecular formula is C22H25ClN5O3P. The molecule has 0 radical (unpaired) electrons. The maximum Gasteiger partial charge on any atom is 0.257 e. The summed E-state index contributed by atoms with van der Waals surface area (Å²) in [5.41, 5.74) is 2.59.